The number of hydrogen-bond donors (Lipinski definition) is 3. The van der Waals surface area contributed by atoms with Crippen LogP contribution in [0.5, 0.6) is 0 Å². The smallest absolute Gasteiger partial charge is 0.251 e. The lowest BCUT2D eigenvalue weighted by molar-refractivity contribution is -0.114. The fourth-order valence-corrected chi connectivity index (χ4v) is 3.82. The van der Waals surface area contributed by atoms with Crippen molar-refractivity contribution in [3.8, 4) is 11.3 Å². The molecule has 0 atom stereocenters. The summed E-state index contributed by atoms with van der Waals surface area (Å²) in [5.74, 6) is 0.368. The monoisotopic (exact) mass is 506 g/mol. The highest BCUT2D eigenvalue weighted by atomic mass is 79.9. The standard InChI is InChI=1S/C24H23BrN6O2/c1-15-6-3-4-9-19(15)21-13-22(31-23(30-21)20(25)14-28-31)26-10-11-27-24(33)17-7-5-8-18(12-17)29-16(2)32/h3-9,12-14,26H,10-11H2,1-2H3,(H,27,33)(H,29,32). The van der Waals surface area contributed by atoms with Crippen molar-refractivity contribution in [1.82, 2.24) is 19.9 Å². The van der Waals surface area contributed by atoms with E-state index in [1.54, 1.807) is 35.0 Å². The van der Waals surface area contributed by atoms with Gasteiger partial charge in [0.05, 0.1) is 16.4 Å². The number of nitrogens with one attached hydrogen (secondary N) is 3. The number of anilines is 2. The van der Waals surface area contributed by atoms with Crippen LogP contribution in [0.3, 0.4) is 0 Å². The van der Waals surface area contributed by atoms with Crippen LogP contribution >= 0.6 is 15.9 Å². The van der Waals surface area contributed by atoms with E-state index in [1.807, 2.05) is 24.3 Å². The molecule has 0 aliphatic carbocycles. The minimum atomic E-state index is -0.216. The van der Waals surface area contributed by atoms with Crippen LogP contribution in [0.2, 0.25) is 0 Å². The molecular formula is C24H23BrN6O2. The summed E-state index contributed by atoms with van der Waals surface area (Å²) in [6.45, 7) is 4.36. The Morgan fingerprint density at radius 2 is 1.88 bits per heavy atom. The summed E-state index contributed by atoms with van der Waals surface area (Å²) in [6, 6.07) is 16.9. The normalized spacial score (nSPS) is 10.8. The van der Waals surface area contributed by atoms with E-state index in [0.29, 0.717) is 30.0 Å². The fraction of sp³-hybridized carbons (Fsp3) is 0.167. The molecule has 0 fully saturated rings. The van der Waals surface area contributed by atoms with E-state index in [0.717, 1.165) is 27.1 Å². The first-order valence-corrected chi connectivity index (χ1v) is 11.2. The van der Waals surface area contributed by atoms with Gasteiger partial charge in [-0.3, -0.25) is 9.59 Å². The van der Waals surface area contributed by atoms with Crippen molar-refractivity contribution >= 4 is 44.9 Å². The quantitative estimate of drug-likeness (QED) is 0.325. The van der Waals surface area contributed by atoms with E-state index in [-0.39, 0.29) is 11.8 Å². The van der Waals surface area contributed by atoms with E-state index in [2.05, 4.69) is 50.0 Å². The number of amides is 2. The van der Waals surface area contributed by atoms with Crippen molar-refractivity contribution < 1.29 is 9.59 Å². The van der Waals surface area contributed by atoms with Crippen molar-refractivity contribution in [1.29, 1.82) is 0 Å². The third-order valence-electron chi connectivity index (χ3n) is 5.01. The molecule has 3 N–H and O–H groups in total. The van der Waals surface area contributed by atoms with Crippen LogP contribution in [-0.2, 0) is 4.79 Å². The first-order chi connectivity index (χ1) is 15.9. The van der Waals surface area contributed by atoms with Gasteiger partial charge in [0.1, 0.15) is 5.82 Å². The summed E-state index contributed by atoms with van der Waals surface area (Å²) in [4.78, 5) is 28.5. The van der Waals surface area contributed by atoms with E-state index in [9.17, 15) is 9.59 Å². The maximum absolute atomic E-state index is 12.5. The summed E-state index contributed by atoms with van der Waals surface area (Å²) in [5.41, 5.74) is 4.78. The van der Waals surface area contributed by atoms with Crippen LogP contribution in [0, 0.1) is 6.92 Å². The average Bonchev–Trinajstić information content (AvgIpc) is 3.17. The molecule has 0 aliphatic heterocycles. The second-order valence-corrected chi connectivity index (χ2v) is 8.37. The molecule has 0 aliphatic rings. The van der Waals surface area contributed by atoms with Gasteiger partial charge in [-0.05, 0) is 46.6 Å². The lowest BCUT2D eigenvalue weighted by Crippen LogP contribution is -2.29. The molecule has 0 unspecified atom stereocenters. The highest BCUT2D eigenvalue weighted by Gasteiger charge is 2.13. The number of benzene rings is 2. The second kappa shape index (κ2) is 9.83. The van der Waals surface area contributed by atoms with Gasteiger partial charge in [-0.25, -0.2) is 4.98 Å². The highest BCUT2D eigenvalue weighted by Crippen LogP contribution is 2.27. The number of fused-ring (bicyclic) bond motifs is 1. The van der Waals surface area contributed by atoms with Crippen molar-refractivity contribution in [2.75, 3.05) is 23.7 Å². The maximum atomic E-state index is 12.5. The minimum Gasteiger partial charge on any atom is -0.368 e. The number of halogens is 1. The van der Waals surface area contributed by atoms with Crippen LogP contribution in [0.1, 0.15) is 22.8 Å². The molecular weight excluding hydrogens is 484 g/mol. The summed E-state index contributed by atoms with van der Waals surface area (Å²) in [6.07, 6.45) is 1.71. The topological polar surface area (TPSA) is 100 Å². The largest absolute Gasteiger partial charge is 0.368 e. The summed E-state index contributed by atoms with van der Waals surface area (Å²) in [7, 11) is 0. The Balaban J connectivity index is 1.46. The molecule has 8 nitrogen and oxygen atoms in total. The number of carbonyl (C=O) groups is 2. The molecule has 2 aromatic carbocycles. The third kappa shape index (κ3) is 5.20. The summed E-state index contributed by atoms with van der Waals surface area (Å²) < 4.78 is 2.53. The molecule has 4 rings (SSSR count). The van der Waals surface area contributed by atoms with Gasteiger partial charge in [0.25, 0.3) is 5.91 Å². The molecule has 0 saturated carbocycles. The molecule has 0 spiro atoms. The minimum absolute atomic E-state index is 0.184. The Kier molecular flexibility index (Phi) is 6.69. The molecule has 168 valence electrons. The molecule has 0 radical (unpaired) electrons. The Morgan fingerprint density at radius 3 is 2.67 bits per heavy atom. The zero-order valence-corrected chi connectivity index (χ0v) is 19.8. The van der Waals surface area contributed by atoms with Gasteiger partial charge in [-0.2, -0.15) is 9.61 Å². The predicted octanol–water partition coefficient (Wildman–Crippen LogP) is 4.27. The average molecular weight is 507 g/mol. The zero-order chi connectivity index (χ0) is 23.4. The zero-order valence-electron chi connectivity index (χ0n) is 18.2. The van der Waals surface area contributed by atoms with Gasteiger partial charge in [0.2, 0.25) is 5.91 Å². The summed E-state index contributed by atoms with van der Waals surface area (Å²) in [5, 5.41) is 13.3. The van der Waals surface area contributed by atoms with Crippen LogP contribution in [0.15, 0.2) is 65.3 Å². The van der Waals surface area contributed by atoms with Gasteiger partial charge in [0, 0.05) is 42.9 Å². The molecule has 0 saturated heterocycles. The van der Waals surface area contributed by atoms with Crippen LogP contribution < -0.4 is 16.0 Å². The lowest BCUT2D eigenvalue weighted by atomic mass is 10.1. The van der Waals surface area contributed by atoms with E-state index in [4.69, 9.17) is 4.98 Å². The molecule has 4 aromatic rings. The molecule has 0 bridgehead atoms. The van der Waals surface area contributed by atoms with Crippen LogP contribution in [0.25, 0.3) is 16.9 Å². The Bertz CT molecular complexity index is 1330. The number of nitrogens with zero attached hydrogens (tertiary/aromatic N) is 3. The van der Waals surface area contributed by atoms with Gasteiger partial charge < -0.3 is 16.0 Å². The molecule has 9 heteroatoms. The Morgan fingerprint density at radius 1 is 1.06 bits per heavy atom. The van der Waals surface area contributed by atoms with E-state index >= 15 is 0 Å². The molecule has 33 heavy (non-hydrogen) atoms. The second-order valence-electron chi connectivity index (χ2n) is 7.51. The Hall–Kier alpha value is -3.72. The number of aryl methyl sites for hydroxylation is 1. The third-order valence-corrected chi connectivity index (χ3v) is 5.57. The van der Waals surface area contributed by atoms with Gasteiger partial charge in [-0.15, -0.1) is 0 Å². The number of carbonyl (C=O) groups excluding carboxylic acids is 2. The van der Waals surface area contributed by atoms with E-state index in [1.165, 1.54) is 6.92 Å². The van der Waals surface area contributed by atoms with E-state index < -0.39 is 0 Å². The van der Waals surface area contributed by atoms with Crippen LogP contribution in [0.4, 0.5) is 11.5 Å². The Labute approximate surface area is 199 Å². The maximum Gasteiger partial charge on any atom is 0.251 e. The van der Waals surface area contributed by atoms with Crippen molar-refractivity contribution in [2.24, 2.45) is 0 Å². The highest BCUT2D eigenvalue weighted by molar-refractivity contribution is 9.10. The fourth-order valence-electron chi connectivity index (χ4n) is 3.47. The SMILES string of the molecule is CC(=O)Nc1cccc(C(=O)NCCNc2cc(-c3ccccc3C)nc3c(Br)cnn23)c1. The molecule has 2 heterocycles. The van der Waals surface area contributed by atoms with Crippen LogP contribution in [-0.4, -0.2) is 39.5 Å². The van der Waals surface area contributed by atoms with Crippen molar-refractivity contribution in [3.05, 3.63) is 76.4 Å². The predicted molar refractivity (Wildman–Crippen MR) is 132 cm³/mol. The van der Waals surface area contributed by atoms with Gasteiger partial charge in [0.15, 0.2) is 5.65 Å². The molecule has 2 aromatic heterocycles. The number of hydrogen-bond acceptors (Lipinski definition) is 5. The lowest BCUT2D eigenvalue weighted by Gasteiger charge is -2.13. The van der Waals surface area contributed by atoms with Gasteiger partial charge in [-0.1, -0.05) is 30.3 Å². The van der Waals surface area contributed by atoms with Crippen molar-refractivity contribution in [2.45, 2.75) is 13.8 Å². The first kappa shape index (κ1) is 22.5. The van der Waals surface area contributed by atoms with Gasteiger partial charge >= 0.3 is 0 Å². The number of rotatable bonds is 7. The van der Waals surface area contributed by atoms with Crippen molar-refractivity contribution in [3.63, 3.8) is 0 Å². The first-order valence-electron chi connectivity index (χ1n) is 10.4. The number of aromatic nitrogens is 3. The summed E-state index contributed by atoms with van der Waals surface area (Å²) >= 11 is 3.52. The molecule has 2 amide bonds.